The van der Waals surface area contributed by atoms with Crippen LogP contribution < -0.4 is 0 Å². The first-order chi connectivity index (χ1) is 5.20. The molecule has 0 aromatic rings. The Hall–Kier alpha value is -0.970. The molecule has 0 amide bonds. The third-order valence-corrected chi connectivity index (χ3v) is 1.25. The van der Waals surface area contributed by atoms with Crippen molar-refractivity contribution < 1.29 is 9.53 Å². The molecule has 0 fully saturated rings. The predicted octanol–water partition coefficient (Wildman–Crippen LogP) is 1.74. The highest BCUT2D eigenvalue weighted by Gasteiger charge is 2.02. The van der Waals surface area contributed by atoms with Crippen molar-refractivity contribution in [1.82, 2.24) is 0 Å². The first-order valence-corrected chi connectivity index (χ1v) is 3.90. The van der Waals surface area contributed by atoms with Crippen molar-refractivity contribution in [3.8, 4) is 11.8 Å². The van der Waals surface area contributed by atoms with E-state index in [1.165, 1.54) is 0 Å². The normalized spacial score (nSPS) is 11.2. The highest BCUT2D eigenvalue weighted by Crippen LogP contribution is 1.95. The zero-order valence-electron chi connectivity index (χ0n) is 7.31. The fourth-order valence-electron chi connectivity index (χ4n) is 0.456. The zero-order chi connectivity index (χ0) is 8.69. The Kier molecular flexibility index (Phi) is 5.28. The van der Waals surface area contributed by atoms with Crippen LogP contribution in [0.3, 0.4) is 0 Å². The van der Waals surface area contributed by atoms with Gasteiger partial charge in [0.2, 0.25) is 0 Å². The summed E-state index contributed by atoms with van der Waals surface area (Å²) >= 11 is 0. The second-order valence-electron chi connectivity index (χ2n) is 2.28. The highest BCUT2D eigenvalue weighted by atomic mass is 16.5. The smallest absolute Gasteiger partial charge is 0.384 e. The maximum Gasteiger partial charge on any atom is 0.384 e. The van der Waals surface area contributed by atoms with E-state index in [-0.39, 0.29) is 6.10 Å². The number of hydrogen-bond donors (Lipinski definition) is 0. The monoisotopic (exact) mass is 154 g/mol. The molecule has 0 aliphatic heterocycles. The molecule has 0 bridgehead atoms. The van der Waals surface area contributed by atoms with Crippen molar-refractivity contribution in [3.05, 3.63) is 0 Å². The summed E-state index contributed by atoms with van der Waals surface area (Å²) in [5.74, 6) is 4.62. The number of rotatable bonds is 2. The Labute approximate surface area is 67.9 Å². The lowest BCUT2D eigenvalue weighted by Crippen LogP contribution is -2.11. The summed E-state index contributed by atoms with van der Waals surface area (Å²) in [5.41, 5.74) is 0. The average molecular weight is 154 g/mol. The fourth-order valence-corrected chi connectivity index (χ4v) is 0.456. The van der Waals surface area contributed by atoms with E-state index in [0.717, 1.165) is 6.42 Å². The van der Waals surface area contributed by atoms with Gasteiger partial charge >= 0.3 is 5.97 Å². The molecule has 1 atom stereocenters. The van der Waals surface area contributed by atoms with Gasteiger partial charge in [0.15, 0.2) is 0 Å². The lowest BCUT2D eigenvalue weighted by molar-refractivity contribution is -0.141. The van der Waals surface area contributed by atoms with Gasteiger partial charge in [-0.05, 0) is 13.3 Å². The molecule has 0 N–H and O–H groups in total. The van der Waals surface area contributed by atoms with Gasteiger partial charge in [0.25, 0.3) is 0 Å². The van der Waals surface area contributed by atoms with Gasteiger partial charge in [-0.25, -0.2) is 4.79 Å². The number of esters is 1. The van der Waals surface area contributed by atoms with E-state index in [4.69, 9.17) is 4.74 Å². The molecule has 1 unspecified atom stereocenters. The van der Waals surface area contributed by atoms with Crippen molar-refractivity contribution >= 4 is 5.97 Å². The van der Waals surface area contributed by atoms with Crippen molar-refractivity contribution in [2.24, 2.45) is 0 Å². The van der Waals surface area contributed by atoms with Crippen LogP contribution in [0.4, 0.5) is 0 Å². The van der Waals surface area contributed by atoms with Gasteiger partial charge in [0.1, 0.15) is 0 Å². The third-order valence-electron chi connectivity index (χ3n) is 1.25. The van der Waals surface area contributed by atoms with E-state index in [1.807, 2.05) is 20.8 Å². The largest absolute Gasteiger partial charge is 0.453 e. The molecule has 0 heterocycles. The predicted molar refractivity (Wildman–Crippen MR) is 43.9 cm³/mol. The second-order valence-corrected chi connectivity index (χ2v) is 2.28. The van der Waals surface area contributed by atoms with Crippen LogP contribution in [0.1, 0.15) is 33.6 Å². The molecule has 0 aromatic heterocycles. The van der Waals surface area contributed by atoms with E-state index in [1.54, 1.807) is 0 Å². The number of carbonyl (C=O) groups excluding carboxylic acids is 1. The van der Waals surface area contributed by atoms with Crippen LogP contribution in [0.5, 0.6) is 0 Å². The Morgan fingerprint density at radius 2 is 2.18 bits per heavy atom. The van der Waals surface area contributed by atoms with Gasteiger partial charge in [0, 0.05) is 12.3 Å². The van der Waals surface area contributed by atoms with Gasteiger partial charge in [-0.3, -0.25) is 0 Å². The maximum atomic E-state index is 10.8. The highest BCUT2D eigenvalue weighted by molar-refractivity contribution is 5.88. The third kappa shape index (κ3) is 5.47. The van der Waals surface area contributed by atoms with E-state index < -0.39 is 5.97 Å². The minimum absolute atomic E-state index is 0.0198. The van der Waals surface area contributed by atoms with Crippen LogP contribution in [0.15, 0.2) is 0 Å². The fraction of sp³-hybridized carbons (Fsp3) is 0.667. The minimum atomic E-state index is -0.416. The molecular weight excluding hydrogens is 140 g/mol. The molecule has 0 radical (unpaired) electrons. The van der Waals surface area contributed by atoms with Crippen LogP contribution in [0.25, 0.3) is 0 Å². The zero-order valence-corrected chi connectivity index (χ0v) is 7.31. The molecule has 0 aromatic carbocycles. The van der Waals surface area contributed by atoms with Crippen LogP contribution >= 0.6 is 0 Å². The van der Waals surface area contributed by atoms with E-state index in [0.29, 0.717) is 6.42 Å². The second kappa shape index (κ2) is 5.79. The first-order valence-electron chi connectivity index (χ1n) is 3.90. The molecular formula is C9H14O2. The summed E-state index contributed by atoms with van der Waals surface area (Å²) in [7, 11) is 0. The Bertz CT molecular complexity index is 174. The Morgan fingerprint density at radius 1 is 1.55 bits per heavy atom. The SMILES string of the molecule is CCC#CC(=O)OC(C)CC. The standard InChI is InChI=1S/C9H14O2/c1-4-6-7-9(10)11-8(3)5-2/h8H,4-5H2,1-3H3. The van der Waals surface area contributed by atoms with Gasteiger partial charge in [-0.2, -0.15) is 0 Å². The quantitative estimate of drug-likeness (QED) is 0.344. The summed E-state index contributed by atoms with van der Waals surface area (Å²) in [6.07, 6.45) is 1.50. The molecule has 11 heavy (non-hydrogen) atoms. The molecule has 0 aliphatic rings. The Balaban J connectivity index is 3.69. The van der Waals surface area contributed by atoms with E-state index in [2.05, 4.69) is 11.8 Å². The van der Waals surface area contributed by atoms with Crippen molar-refractivity contribution in [2.45, 2.75) is 39.7 Å². The first kappa shape index (κ1) is 10.0. The molecule has 0 saturated carbocycles. The van der Waals surface area contributed by atoms with Crippen LogP contribution in [-0.2, 0) is 9.53 Å². The average Bonchev–Trinajstić information content (AvgIpc) is 2.00. The van der Waals surface area contributed by atoms with Crippen LogP contribution in [-0.4, -0.2) is 12.1 Å². The van der Waals surface area contributed by atoms with Gasteiger partial charge in [-0.15, -0.1) is 0 Å². The molecule has 0 saturated heterocycles. The Morgan fingerprint density at radius 3 is 2.64 bits per heavy atom. The van der Waals surface area contributed by atoms with Gasteiger partial charge < -0.3 is 4.74 Å². The minimum Gasteiger partial charge on any atom is -0.453 e. The van der Waals surface area contributed by atoms with Crippen molar-refractivity contribution in [2.75, 3.05) is 0 Å². The van der Waals surface area contributed by atoms with Gasteiger partial charge in [0.05, 0.1) is 6.10 Å². The lowest BCUT2D eigenvalue weighted by Gasteiger charge is -2.06. The number of hydrogen-bond acceptors (Lipinski definition) is 2. The summed E-state index contributed by atoms with van der Waals surface area (Å²) in [6.45, 7) is 5.71. The molecule has 0 rings (SSSR count). The van der Waals surface area contributed by atoms with Gasteiger partial charge in [-0.1, -0.05) is 19.8 Å². The molecule has 2 heteroatoms. The summed E-state index contributed by atoms with van der Waals surface area (Å²) in [6, 6.07) is 0. The van der Waals surface area contributed by atoms with Crippen molar-refractivity contribution in [3.63, 3.8) is 0 Å². The topological polar surface area (TPSA) is 26.3 Å². The lowest BCUT2D eigenvalue weighted by atomic mass is 10.3. The molecule has 62 valence electrons. The van der Waals surface area contributed by atoms with Crippen molar-refractivity contribution in [1.29, 1.82) is 0 Å². The van der Waals surface area contributed by atoms with Crippen LogP contribution in [0, 0.1) is 11.8 Å². The summed E-state index contributed by atoms with van der Waals surface area (Å²) < 4.78 is 4.89. The number of carbonyl (C=O) groups is 1. The summed E-state index contributed by atoms with van der Waals surface area (Å²) in [5, 5.41) is 0. The molecule has 0 spiro atoms. The maximum absolute atomic E-state index is 10.8. The summed E-state index contributed by atoms with van der Waals surface area (Å²) in [4.78, 5) is 10.8. The van der Waals surface area contributed by atoms with Crippen LogP contribution in [0.2, 0.25) is 0 Å². The number of ether oxygens (including phenoxy) is 1. The molecule has 2 nitrogen and oxygen atoms in total. The van der Waals surface area contributed by atoms with E-state index in [9.17, 15) is 4.79 Å². The molecule has 0 aliphatic carbocycles. The van der Waals surface area contributed by atoms with E-state index >= 15 is 0 Å².